The number of para-hydroxylation sites is 1. The summed E-state index contributed by atoms with van der Waals surface area (Å²) >= 11 is 0. The SMILES string of the molecule is Cc1ccc2cccc3c2c1-c1c(c(C2CCC(C)(C)CC2)c2ccccc2[n+]1C)O3. The summed E-state index contributed by atoms with van der Waals surface area (Å²) in [4.78, 5) is 0. The maximum atomic E-state index is 6.81. The van der Waals surface area contributed by atoms with Crippen LogP contribution in [0, 0.1) is 12.3 Å². The quantitative estimate of drug-likeness (QED) is 0.261. The number of benzene rings is 3. The lowest BCUT2D eigenvalue weighted by molar-refractivity contribution is -0.633. The lowest BCUT2D eigenvalue weighted by Gasteiger charge is -2.36. The van der Waals surface area contributed by atoms with E-state index in [4.69, 9.17) is 4.74 Å². The molecule has 0 unspecified atom stereocenters. The molecule has 1 aliphatic heterocycles. The van der Waals surface area contributed by atoms with Gasteiger partial charge in [-0.1, -0.05) is 50.2 Å². The van der Waals surface area contributed by atoms with Crippen LogP contribution in [0.2, 0.25) is 0 Å². The van der Waals surface area contributed by atoms with Gasteiger partial charge in [0.25, 0.3) is 5.69 Å². The number of aromatic nitrogens is 1. The molecule has 1 aliphatic carbocycles. The molecule has 2 heteroatoms. The van der Waals surface area contributed by atoms with Crippen molar-refractivity contribution in [3.05, 3.63) is 65.7 Å². The minimum Gasteiger partial charge on any atom is -0.449 e. The molecule has 0 radical (unpaired) electrons. The second-order valence-electron chi connectivity index (χ2n) is 10.3. The third-order valence-corrected chi connectivity index (χ3v) is 7.76. The number of fused-ring (bicyclic) bond motifs is 3. The highest BCUT2D eigenvalue weighted by molar-refractivity contribution is 6.05. The molecule has 156 valence electrons. The first-order valence-electron chi connectivity index (χ1n) is 11.6. The van der Waals surface area contributed by atoms with E-state index in [1.807, 2.05) is 0 Å². The Kier molecular flexibility index (Phi) is 3.99. The van der Waals surface area contributed by atoms with Crippen LogP contribution in [-0.2, 0) is 7.05 Å². The van der Waals surface area contributed by atoms with E-state index in [1.165, 1.54) is 69.7 Å². The minimum absolute atomic E-state index is 0.446. The van der Waals surface area contributed by atoms with Crippen molar-refractivity contribution >= 4 is 21.7 Å². The summed E-state index contributed by atoms with van der Waals surface area (Å²) in [5.41, 5.74) is 7.04. The first-order valence-corrected chi connectivity index (χ1v) is 11.6. The van der Waals surface area contributed by atoms with E-state index < -0.39 is 0 Å². The Morgan fingerprint density at radius 2 is 1.71 bits per heavy atom. The molecule has 1 saturated carbocycles. The molecule has 1 fully saturated rings. The molecule has 2 aliphatic rings. The van der Waals surface area contributed by atoms with E-state index in [0.717, 1.165) is 11.5 Å². The van der Waals surface area contributed by atoms with Gasteiger partial charge in [-0.05, 0) is 67.0 Å². The fourth-order valence-electron chi connectivity index (χ4n) is 5.94. The van der Waals surface area contributed by atoms with Crippen LogP contribution in [0.5, 0.6) is 11.5 Å². The molecule has 31 heavy (non-hydrogen) atoms. The maximum Gasteiger partial charge on any atom is 0.257 e. The Balaban J connectivity index is 1.71. The zero-order valence-corrected chi connectivity index (χ0v) is 19.0. The van der Waals surface area contributed by atoms with Crippen LogP contribution in [0.25, 0.3) is 32.9 Å². The molecule has 0 N–H and O–H groups in total. The normalized spacial score (nSPS) is 17.5. The summed E-state index contributed by atoms with van der Waals surface area (Å²) in [5.74, 6) is 2.62. The van der Waals surface area contributed by atoms with Crippen molar-refractivity contribution in [2.75, 3.05) is 0 Å². The second kappa shape index (κ2) is 6.56. The van der Waals surface area contributed by atoms with Gasteiger partial charge in [0.15, 0.2) is 0 Å². The highest BCUT2D eigenvalue weighted by Gasteiger charge is 2.38. The van der Waals surface area contributed by atoms with Crippen LogP contribution >= 0.6 is 0 Å². The highest BCUT2D eigenvalue weighted by atomic mass is 16.5. The Bertz CT molecular complexity index is 1350. The van der Waals surface area contributed by atoms with Gasteiger partial charge in [-0.15, -0.1) is 0 Å². The van der Waals surface area contributed by atoms with Crippen molar-refractivity contribution in [1.82, 2.24) is 0 Å². The van der Waals surface area contributed by atoms with Crippen molar-refractivity contribution in [2.24, 2.45) is 12.5 Å². The predicted molar refractivity (Wildman–Crippen MR) is 128 cm³/mol. The molecule has 0 amide bonds. The first-order chi connectivity index (χ1) is 14.9. The van der Waals surface area contributed by atoms with Crippen molar-refractivity contribution in [3.63, 3.8) is 0 Å². The monoisotopic (exact) mass is 408 g/mol. The van der Waals surface area contributed by atoms with E-state index in [1.54, 1.807) is 0 Å². The lowest BCUT2D eigenvalue weighted by atomic mass is 9.70. The van der Waals surface area contributed by atoms with Crippen molar-refractivity contribution in [1.29, 1.82) is 0 Å². The van der Waals surface area contributed by atoms with Gasteiger partial charge in [-0.3, -0.25) is 0 Å². The Morgan fingerprint density at radius 3 is 2.52 bits per heavy atom. The first kappa shape index (κ1) is 18.9. The van der Waals surface area contributed by atoms with E-state index in [9.17, 15) is 0 Å². The van der Waals surface area contributed by atoms with Crippen LogP contribution < -0.4 is 9.30 Å². The Morgan fingerprint density at radius 1 is 0.935 bits per heavy atom. The Hall–Kier alpha value is -2.87. The predicted octanol–water partition coefficient (Wildman–Crippen LogP) is 7.58. The number of pyridine rings is 1. The maximum absolute atomic E-state index is 6.81. The summed E-state index contributed by atoms with van der Waals surface area (Å²) in [6, 6.07) is 19.8. The van der Waals surface area contributed by atoms with Crippen LogP contribution in [0.1, 0.15) is 56.6 Å². The molecule has 2 nitrogen and oxygen atoms in total. The number of ether oxygens (including phenoxy) is 1. The van der Waals surface area contributed by atoms with E-state index >= 15 is 0 Å². The molecule has 0 bridgehead atoms. The largest absolute Gasteiger partial charge is 0.449 e. The molecule has 0 atom stereocenters. The zero-order valence-electron chi connectivity index (χ0n) is 19.0. The van der Waals surface area contributed by atoms with Crippen LogP contribution in [0.4, 0.5) is 0 Å². The average molecular weight is 409 g/mol. The molecule has 3 aromatic carbocycles. The summed E-state index contributed by atoms with van der Waals surface area (Å²) in [6.07, 6.45) is 5.00. The molecule has 0 saturated heterocycles. The Labute approximate surface area is 184 Å². The fourth-order valence-corrected chi connectivity index (χ4v) is 5.94. The highest BCUT2D eigenvalue weighted by Crippen LogP contribution is 2.53. The van der Waals surface area contributed by atoms with Gasteiger partial charge in [-0.25, -0.2) is 0 Å². The van der Waals surface area contributed by atoms with Gasteiger partial charge in [0.05, 0.1) is 10.9 Å². The number of aryl methyl sites for hydroxylation is 2. The number of hydrogen-bond donors (Lipinski definition) is 0. The standard InChI is InChI=1S/C29H30NO/c1-18-12-13-19-8-7-11-23-26(19)24(18)27-28(31-23)25(20-14-16-29(2,3)17-15-20)21-9-5-6-10-22(21)30(27)4/h5-13,20H,14-17H2,1-4H3/q+1. The van der Waals surface area contributed by atoms with E-state index in [-0.39, 0.29) is 0 Å². The molecular formula is C29H30NO+. The number of hydrogen-bond acceptors (Lipinski definition) is 1. The van der Waals surface area contributed by atoms with Gasteiger partial charge in [0.1, 0.15) is 12.8 Å². The second-order valence-corrected chi connectivity index (χ2v) is 10.3. The summed E-state index contributed by atoms with van der Waals surface area (Å²) in [6.45, 7) is 7.07. The lowest BCUT2D eigenvalue weighted by Crippen LogP contribution is -2.35. The van der Waals surface area contributed by atoms with Gasteiger partial charge in [-0.2, -0.15) is 4.57 Å². The minimum atomic E-state index is 0.446. The fraction of sp³-hybridized carbons (Fsp3) is 0.345. The van der Waals surface area contributed by atoms with Gasteiger partial charge >= 0.3 is 0 Å². The molecule has 1 aromatic heterocycles. The third-order valence-electron chi connectivity index (χ3n) is 7.76. The van der Waals surface area contributed by atoms with Crippen LogP contribution in [0.15, 0.2) is 54.6 Å². The summed E-state index contributed by atoms with van der Waals surface area (Å²) in [7, 11) is 2.20. The molecule has 0 spiro atoms. The van der Waals surface area contributed by atoms with Gasteiger partial charge in [0.2, 0.25) is 11.3 Å². The van der Waals surface area contributed by atoms with Gasteiger partial charge < -0.3 is 4.74 Å². The molecule has 2 heterocycles. The number of nitrogens with zero attached hydrogens (tertiary/aromatic N) is 1. The molecule has 6 rings (SSSR count). The zero-order chi connectivity index (χ0) is 21.3. The molecular weight excluding hydrogens is 378 g/mol. The topological polar surface area (TPSA) is 13.1 Å². The van der Waals surface area contributed by atoms with E-state index in [0.29, 0.717) is 11.3 Å². The van der Waals surface area contributed by atoms with Crippen molar-refractivity contribution < 1.29 is 9.30 Å². The van der Waals surface area contributed by atoms with Crippen LogP contribution in [-0.4, -0.2) is 0 Å². The van der Waals surface area contributed by atoms with Gasteiger partial charge in [0, 0.05) is 17.0 Å². The summed E-state index contributed by atoms with van der Waals surface area (Å²) < 4.78 is 9.17. The van der Waals surface area contributed by atoms with Crippen molar-refractivity contribution in [2.45, 2.75) is 52.4 Å². The average Bonchev–Trinajstić information content (AvgIpc) is 2.77. The van der Waals surface area contributed by atoms with E-state index in [2.05, 4.69) is 87.0 Å². The molecule has 4 aromatic rings. The number of rotatable bonds is 1. The van der Waals surface area contributed by atoms with Crippen molar-refractivity contribution in [3.8, 4) is 22.8 Å². The summed E-state index contributed by atoms with van der Waals surface area (Å²) in [5, 5.41) is 3.84. The van der Waals surface area contributed by atoms with Crippen LogP contribution in [0.3, 0.4) is 0 Å². The smallest absolute Gasteiger partial charge is 0.257 e. The third kappa shape index (κ3) is 2.74.